The zero-order valence-electron chi connectivity index (χ0n) is 23.3. The van der Waals surface area contributed by atoms with Crippen LogP contribution in [-0.2, 0) is 16.0 Å². The summed E-state index contributed by atoms with van der Waals surface area (Å²) in [5, 5.41) is 2.56. The van der Waals surface area contributed by atoms with Gasteiger partial charge in [0.1, 0.15) is 17.0 Å². The topological polar surface area (TPSA) is 126 Å². The van der Waals surface area contributed by atoms with E-state index in [2.05, 4.69) is 42.0 Å². The first kappa shape index (κ1) is 28.5. The largest absolute Gasteiger partial charge is 0.450 e. The van der Waals surface area contributed by atoms with Crippen LogP contribution < -0.4 is 5.32 Å². The Hall–Kier alpha value is -5.02. The standard InChI is InChI=1S/C30H30FN7O4/c1-3-5-15-42-30(40)38-13-11-37(12-14-38)19-22-9-8-20(18-33-22)21-16-23(26-24(31)7-6-10-32-26)27-25(17-21)34-28(35-27)36-29(39)41-4-2/h6-10,16-18H,4,11-15,19H2,1-2H3,(H2,34,35,36,39). The van der Waals surface area contributed by atoms with Crippen LogP contribution in [0.3, 0.4) is 0 Å². The normalized spacial score (nSPS) is 13.4. The average molecular weight is 572 g/mol. The van der Waals surface area contributed by atoms with Crippen LogP contribution in [0.1, 0.15) is 19.5 Å². The Morgan fingerprint density at radius 1 is 1.10 bits per heavy atom. The Bertz CT molecular complexity index is 1640. The zero-order chi connectivity index (χ0) is 29.5. The van der Waals surface area contributed by atoms with E-state index in [-0.39, 0.29) is 30.9 Å². The quantitative estimate of drug-likeness (QED) is 0.307. The molecule has 0 bridgehead atoms. The number of rotatable bonds is 7. The number of ether oxygens (including phenoxy) is 2. The summed E-state index contributed by atoms with van der Waals surface area (Å²) in [5.41, 5.74) is 4.12. The van der Waals surface area contributed by atoms with Crippen LogP contribution in [0.5, 0.6) is 0 Å². The van der Waals surface area contributed by atoms with E-state index >= 15 is 0 Å². The number of pyridine rings is 2. The predicted molar refractivity (Wildman–Crippen MR) is 155 cm³/mol. The van der Waals surface area contributed by atoms with Crippen molar-refractivity contribution in [3.63, 3.8) is 0 Å². The van der Waals surface area contributed by atoms with Gasteiger partial charge in [0.15, 0.2) is 6.61 Å². The maximum atomic E-state index is 14.8. The summed E-state index contributed by atoms with van der Waals surface area (Å²) in [7, 11) is 0. The lowest BCUT2D eigenvalue weighted by atomic mass is 10.0. The lowest BCUT2D eigenvalue weighted by Gasteiger charge is -2.33. The van der Waals surface area contributed by atoms with Crippen LogP contribution in [-0.4, -0.2) is 81.3 Å². The minimum absolute atomic E-state index is 0.100. The van der Waals surface area contributed by atoms with E-state index in [0.717, 1.165) is 16.8 Å². The summed E-state index contributed by atoms with van der Waals surface area (Å²) >= 11 is 0. The van der Waals surface area contributed by atoms with Gasteiger partial charge in [-0.05, 0) is 49.7 Å². The number of imidazole rings is 1. The molecule has 1 fully saturated rings. The van der Waals surface area contributed by atoms with Gasteiger partial charge < -0.3 is 19.4 Å². The molecule has 5 rings (SSSR count). The molecule has 0 unspecified atom stereocenters. The molecule has 1 aliphatic rings. The number of amides is 2. The van der Waals surface area contributed by atoms with Crippen molar-refractivity contribution in [2.45, 2.75) is 20.4 Å². The third kappa shape index (κ3) is 6.64. The molecule has 1 saturated heterocycles. The number of fused-ring (bicyclic) bond motifs is 1. The first-order valence-electron chi connectivity index (χ1n) is 13.5. The SMILES string of the molecule is CC#CCOC(=O)N1CCN(Cc2ccc(-c3cc(-c4ncccc4F)c4nc(NC(=O)OCC)[nH]c4c3)cn2)CC1. The van der Waals surface area contributed by atoms with Crippen LogP contribution in [0.15, 0.2) is 48.8 Å². The van der Waals surface area contributed by atoms with Gasteiger partial charge in [-0.25, -0.2) is 19.0 Å². The number of piperazine rings is 1. The maximum Gasteiger partial charge on any atom is 0.413 e. The minimum atomic E-state index is -0.648. The zero-order valence-corrected chi connectivity index (χ0v) is 23.3. The van der Waals surface area contributed by atoms with Crippen LogP contribution >= 0.6 is 0 Å². The fourth-order valence-electron chi connectivity index (χ4n) is 4.64. The van der Waals surface area contributed by atoms with E-state index in [0.29, 0.717) is 49.3 Å². The molecule has 1 aromatic carbocycles. The smallest absolute Gasteiger partial charge is 0.413 e. The molecule has 11 nitrogen and oxygen atoms in total. The number of aromatic amines is 1. The van der Waals surface area contributed by atoms with Crippen LogP contribution in [0.25, 0.3) is 33.4 Å². The van der Waals surface area contributed by atoms with E-state index in [4.69, 9.17) is 9.47 Å². The third-order valence-corrected chi connectivity index (χ3v) is 6.71. The molecule has 2 N–H and O–H groups in total. The van der Waals surface area contributed by atoms with Crippen LogP contribution in [0.2, 0.25) is 0 Å². The Kier molecular flexibility index (Phi) is 8.89. The number of nitrogens with zero attached hydrogens (tertiary/aromatic N) is 5. The van der Waals surface area contributed by atoms with Crippen LogP contribution in [0.4, 0.5) is 19.9 Å². The fourth-order valence-corrected chi connectivity index (χ4v) is 4.64. The summed E-state index contributed by atoms with van der Waals surface area (Å²) < 4.78 is 24.9. The van der Waals surface area contributed by atoms with Crippen molar-refractivity contribution in [2.75, 3.05) is 44.7 Å². The molecule has 0 atom stereocenters. The molecule has 216 valence electrons. The van der Waals surface area contributed by atoms with Gasteiger partial charge in [0.25, 0.3) is 0 Å². The molecule has 1 aliphatic heterocycles. The monoisotopic (exact) mass is 571 g/mol. The predicted octanol–water partition coefficient (Wildman–Crippen LogP) is 4.67. The minimum Gasteiger partial charge on any atom is -0.450 e. The average Bonchev–Trinajstić information content (AvgIpc) is 3.40. The Morgan fingerprint density at radius 2 is 1.93 bits per heavy atom. The number of carbonyl (C=O) groups is 2. The molecule has 4 heterocycles. The van der Waals surface area contributed by atoms with Gasteiger partial charge in [0.05, 0.1) is 17.8 Å². The van der Waals surface area contributed by atoms with Gasteiger partial charge in [-0.3, -0.25) is 20.2 Å². The van der Waals surface area contributed by atoms with Crippen LogP contribution in [0, 0.1) is 17.7 Å². The lowest BCUT2D eigenvalue weighted by Crippen LogP contribution is -2.48. The van der Waals surface area contributed by atoms with Crippen molar-refractivity contribution in [3.8, 4) is 34.2 Å². The van der Waals surface area contributed by atoms with Gasteiger partial charge in [-0.1, -0.05) is 12.0 Å². The number of carbonyl (C=O) groups excluding carboxylic acids is 2. The molecule has 12 heteroatoms. The number of halogens is 1. The second kappa shape index (κ2) is 13.1. The maximum absolute atomic E-state index is 14.8. The van der Waals surface area contributed by atoms with Gasteiger partial charge in [0, 0.05) is 56.2 Å². The number of aromatic nitrogens is 4. The molecule has 0 aliphatic carbocycles. The van der Waals surface area contributed by atoms with E-state index in [1.54, 1.807) is 24.9 Å². The van der Waals surface area contributed by atoms with Crippen molar-refractivity contribution in [1.82, 2.24) is 29.7 Å². The Labute approximate surface area is 242 Å². The molecule has 2 amide bonds. The Morgan fingerprint density at radius 3 is 2.64 bits per heavy atom. The van der Waals surface area contributed by atoms with E-state index in [1.807, 2.05) is 24.3 Å². The highest BCUT2D eigenvalue weighted by Crippen LogP contribution is 2.34. The van der Waals surface area contributed by atoms with Crippen molar-refractivity contribution in [2.24, 2.45) is 0 Å². The molecule has 0 radical (unpaired) electrons. The highest BCUT2D eigenvalue weighted by atomic mass is 19.1. The number of benzene rings is 1. The number of hydrogen-bond acceptors (Lipinski definition) is 8. The highest BCUT2D eigenvalue weighted by molar-refractivity contribution is 5.97. The third-order valence-electron chi connectivity index (χ3n) is 6.71. The first-order valence-corrected chi connectivity index (χ1v) is 13.5. The van der Waals surface area contributed by atoms with Gasteiger partial charge in [-0.2, -0.15) is 0 Å². The number of hydrogen-bond donors (Lipinski definition) is 2. The highest BCUT2D eigenvalue weighted by Gasteiger charge is 2.22. The summed E-state index contributed by atoms with van der Waals surface area (Å²) in [4.78, 5) is 44.5. The molecule has 4 aromatic rings. The fraction of sp³-hybridized carbons (Fsp3) is 0.300. The van der Waals surface area contributed by atoms with Crippen molar-refractivity contribution >= 4 is 29.2 Å². The number of nitrogens with one attached hydrogen (secondary N) is 2. The molecule has 0 spiro atoms. The second-order valence-electron chi connectivity index (χ2n) is 9.47. The van der Waals surface area contributed by atoms with Gasteiger partial charge in [-0.15, -0.1) is 5.92 Å². The molecule has 42 heavy (non-hydrogen) atoms. The molecular weight excluding hydrogens is 541 g/mol. The summed E-state index contributed by atoms with van der Waals surface area (Å²) in [6.07, 6.45) is 2.29. The molecule has 0 saturated carbocycles. The van der Waals surface area contributed by atoms with Crippen molar-refractivity contribution in [3.05, 3.63) is 60.3 Å². The Balaban J connectivity index is 1.33. The van der Waals surface area contributed by atoms with Crippen molar-refractivity contribution < 1.29 is 23.5 Å². The van der Waals surface area contributed by atoms with Gasteiger partial charge >= 0.3 is 12.2 Å². The lowest BCUT2D eigenvalue weighted by molar-refractivity contribution is 0.0820. The molecular formula is C30H30FN7O4. The summed E-state index contributed by atoms with van der Waals surface area (Å²) in [5.74, 6) is 5.12. The van der Waals surface area contributed by atoms with E-state index < -0.39 is 11.9 Å². The number of H-pyrrole nitrogens is 1. The van der Waals surface area contributed by atoms with Crippen molar-refractivity contribution in [1.29, 1.82) is 0 Å². The molecule has 3 aromatic heterocycles. The second-order valence-corrected chi connectivity index (χ2v) is 9.47. The summed E-state index contributed by atoms with van der Waals surface area (Å²) in [6, 6.07) is 10.4. The summed E-state index contributed by atoms with van der Waals surface area (Å²) in [6.45, 7) is 6.90. The van der Waals surface area contributed by atoms with Gasteiger partial charge in [0.2, 0.25) is 5.95 Å². The number of anilines is 1. The van der Waals surface area contributed by atoms with E-state index in [9.17, 15) is 14.0 Å². The first-order chi connectivity index (χ1) is 20.4. The van der Waals surface area contributed by atoms with E-state index in [1.165, 1.54) is 18.3 Å².